The summed E-state index contributed by atoms with van der Waals surface area (Å²) in [6.45, 7) is 5.46. The number of Topliss-reactive ketones (excluding diaryl/α,β-unsaturated/α-hetero) is 2. The van der Waals surface area contributed by atoms with Gasteiger partial charge in [-0.05, 0) is 30.5 Å². The number of nitrogens with one attached hydrogen (secondary N) is 1. The van der Waals surface area contributed by atoms with Crippen LogP contribution in [0.4, 0.5) is 0 Å². The second kappa shape index (κ2) is 8.21. The molecule has 0 aliphatic rings. The molecule has 2 aromatic carbocycles. The van der Waals surface area contributed by atoms with Gasteiger partial charge in [-0.25, -0.2) is 0 Å². The molecule has 1 unspecified atom stereocenters. The second-order valence-corrected chi connectivity index (χ2v) is 6.14. The zero-order valence-electron chi connectivity index (χ0n) is 15.0. The second-order valence-electron chi connectivity index (χ2n) is 6.14. The Bertz CT molecular complexity index is 892. The van der Waals surface area contributed by atoms with Crippen LogP contribution in [-0.2, 0) is 11.3 Å². The van der Waals surface area contributed by atoms with Gasteiger partial charge in [-0.3, -0.25) is 14.4 Å². The fourth-order valence-corrected chi connectivity index (χ4v) is 2.59. The third-order valence-corrected chi connectivity index (χ3v) is 4.30. The van der Waals surface area contributed by atoms with Crippen molar-refractivity contribution in [2.24, 2.45) is 5.92 Å². The number of rotatable bonds is 6. The van der Waals surface area contributed by atoms with E-state index in [1.165, 1.54) is 6.92 Å². The summed E-state index contributed by atoms with van der Waals surface area (Å²) < 4.78 is 0. The molecule has 2 aromatic rings. The molecule has 1 atom stereocenters. The molecule has 0 bridgehead atoms. The summed E-state index contributed by atoms with van der Waals surface area (Å²) in [5.74, 6) is -2.53. The van der Waals surface area contributed by atoms with Gasteiger partial charge in [0, 0.05) is 24.6 Å². The molecule has 0 heterocycles. The SMILES string of the molecule is CC(=O)NCc1ccc(C(=O)C(C#N)C(=O)c2cccc(C)c2C)cc1. The first-order chi connectivity index (χ1) is 12.3. The highest BCUT2D eigenvalue weighted by molar-refractivity contribution is 6.18. The van der Waals surface area contributed by atoms with Gasteiger partial charge in [-0.1, -0.05) is 42.5 Å². The van der Waals surface area contributed by atoms with Crippen molar-refractivity contribution in [1.82, 2.24) is 5.32 Å². The molecule has 2 rings (SSSR count). The Balaban J connectivity index is 2.23. The molecular formula is C21H20N2O3. The van der Waals surface area contributed by atoms with Gasteiger partial charge in [0.2, 0.25) is 5.91 Å². The van der Waals surface area contributed by atoms with Gasteiger partial charge in [0.1, 0.15) is 0 Å². The van der Waals surface area contributed by atoms with Gasteiger partial charge in [0.25, 0.3) is 0 Å². The Hall–Kier alpha value is -3.26. The van der Waals surface area contributed by atoms with Crippen molar-refractivity contribution in [3.8, 4) is 6.07 Å². The Kier molecular flexibility index (Phi) is 6.03. The van der Waals surface area contributed by atoms with E-state index in [0.29, 0.717) is 17.7 Å². The number of hydrogen-bond donors (Lipinski definition) is 1. The van der Waals surface area contributed by atoms with Gasteiger partial charge in [-0.2, -0.15) is 5.26 Å². The van der Waals surface area contributed by atoms with Crippen LogP contribution in [0.5, 0.6) is 0 Å². The van der Waals surface area contributed by atoms with Gasteiger partial charge in [0.05, 0.1) is 6.07 Å². The van der Waals surface area contributed by atoms with Crippen LogP contribution in [0.15, 0.2) is 42.5 Å². The molecule has 0 radical (unpaired) electrons. The highest BCUT2D eigenvalue weighted by Crippen LogP contribution is 2.20. The molecule has 0 saturated carbocycles. The Morgan fingerprint density at radius 1 is 1.04 bits per heavy atom. The molecule has 5 nitrogen and oxygen atoms in total. The molecule has 0 spiro atoms. The molecule has 1 amide bonds. The maximum atomic E-state index is 12.7. The first-order valence-corrected chi connectivity index (χ1v) is 8.22. The molecule has 0 saturated heterocycles. The lowest BCUT2D eigenvalue weighted by Crippen LogP contribution is -2.24. The predicted molar refractivity (Wildman–Crippen MR) is 97.6 cm³/mol. The number of carbonyl (C=O) groups excluding carboxylic acids is 3. The summed E-state index contributed by atoms with van der Waals surface area (Å²) in [5, 5.41) is 12.1. The van der Waals surface area contributed by atoms with E-state index in [2.05, 4.69) is 5.32 Å². The summed E-state index contributed by atoms with van der Waals surface area (Å²) in [6.07, 6.45) is 0. The van der Waals surface area contributed by atoms with Crippen molar-refractivity contribution in [2.75, 3.05) is 0 Å². The fraction of sp³-hybridized carbons (Fsp3) is 0.238. The molecule has 0 aromatic heterocycles. The number of benzene rings is 2. The average molecular weight is 348 g/mol. The zero-order chi connectivity index (χ0) is 19.3. The topological polar surface area (TPSA) is 87.0 Å². The van der Waals surface area contributed by atoms with E-state index in [1.807, 2.05) is 19.1 Å². The fourth-order valence-electron chi connectivity index (χ4n) is 2.59. The molecule has 0 aliphatic heterocycles. The minimum absolute atomic E-state index is 0.145. The maximum Gasteiger partial charge on any atom is 0.217 e. The van der Waals surface area contributed by atoms with E-state index in [4.69, 9.17) is 0 Å². The Morgan fingerprint density at radius 3 is 2.27 bits per heavy atom. The molecular weight excluding hydrogens is 328 g/mol. The van der Waals surface area contributed by atoms with Crippen LogP contribution in [0.2, 0.25) is 0 Å². The number of nitrogens with zero attached hydrogens (tertiary/aromatic N) is 1. The van der Waals surface area contributed by atoms with E-state index >= 15 is 0 Å². The predicted octanol–water partition coefficient (Wildman–Crippen LogP) is 3.14. The number of carbonyl (C=O) groups is 3. The standard InChI is InChI=1S/C21H20N2O3/c1-13-5-4-6-18(14(13)2)21(26)19(11-22)20(25)17-9-7-16(8-10-17)12-23-15(3)24/h4-10,19H,12H2,1-3H3,(H,23,24). The van der Waals surface area contributed by atoms with Crippen LogP contribution in [-0.4, -0.2) is 17.5 Å². The van der Waals surface area contributed by atoms with Gasteiger partial charge in [0.15, 0.2) is 17.5 Å². The summed E-state index contributed by atoms with van der Waals surface area (Å²) in [5.41, 5.74) is 3.22. The molecule has 1 N–H and O–H groups in total. The summed E-state index contributed by atoms with van der Waals surface area (Å²) in [4.78, 5) is 36.3. The number of ketones is 2. The van der Waals surface area contributed by atoms with Crippen molar-refractivity contribution < 1.29 is 14.4 Å². The minimum atomic E-state index is -1.38. The lowest BCUT2D eigenvalue weighted by atomic mass is 9.88. The number of hydrogen-bond acceptors (Lipinski definition) is 4. The van der Waals surface area contributed by atoms with Crippen molar-refractivity contribution in [3.05, 3.63) is 70.3 Å². The van der Waals surface area contributed by atoms with E-state index in [9.17, 15) is 19.6 Å². The Labute approximate surface area is 152 Å². The first-order valence-electron chi connectivity index (χ1n) is 8.22. The molecule has 0 fully saturated rings. The average Bonchev–Trinajstić information content (AvgIpc) is 2.63. The van der Waals surface area contributed by atoms with Crippen LogP contribution >= 0.6 is 0 Å². The van der Waals surface area contributed by atoms with Crippen molar-refractivity contribution in [2.45, 2.75) is 27.3 Å². The normalized spacial score (nSPS) is 11.3. The van der Waals surface area contributed by atoms with Crippen molar-refractivity contribution >= 4 is 17.5 Å². The van der Waals surface area contributed by atoms with E-state index in [-0.39, 0.29) is 5.91 Å². The molecule has 132 valence electrons. The number of nitriles is 1. The number of amides is 1. The van der Waals surface area contributed by atoms with E-state index in [0.717, 1.165) is 16.7 Å². The van der Waals surface area contributed by atoms with Gasteiger partial charge >= 0.3 is 0 Å². The largest absolute Gasteiger partial charge is 0.352 e. The van der Waals surface area contributed by atoms with Gasteiger partial charge < -0.3 is 5.32 Å². The van der Waals surface area contributed by atoms with Crippen LogP contribution in [0.25, 0.3) is 0 Å². The molecule has 0 aliphatic carbocycles. The smallest absolute Gasteiger partial charge is 0.217 e. The molecule has 5 heteroatoms. The minimum Gasteiger partial charge on any atom is -0.352 e. The van der Waals surface area contributed by atoms with Crippen LogP contribution in [0, 0.1) is 31.1 Å². The first kappa shape index (κ1) is 19.1. The van der Waals surface area contributed by atoms with Crippen LogP contribution < -0.4 is 5.32 Å². The number of aryl methyl sites for hydroxylation is 1. The zero-order valence-corrected chi connectivity index (χ0v) is 15.0. The maximum absolute atomic E-state index is 12.7. The quantitative estimate of drug-likeness (QED) is 0.642. The highest BCUT2D eigenvalue weighted by Gasteiger charge is 2.29. The van der Waals surface area contributed by atoms with E-state index < -0.39 is 17.5 Å². The van der Waals surface area contributed by atoms with Crippen LogP contribution in [0.3, 0.4) is 0 Å². The summed E-state index contributed by atoms with van der Waals surface area (Å²) in [7, 11) is 0. The lowest BCUT2D eigenvalue weighted by molar-refractivity contribution is -0.119. The summed E-state index contributed by atoms with van der Waals surface area (Å²) >= 11 is 0. The van der Waals surface area contributed by atoms with E-state index in [1.54, 1.807) is 43.3 Å². The van der Waals surface area contributed by atoms with Crippen LogP contribution in [0.1, 0.15) is 44.3 Å². The Morgan fingerprint density at radius 2 is 1.69 bits per heavy atom. The molecule has 26 heavy (non-hydrogen) atoms. The van der Waals surface area contributed by atoms with Crippen molar-refractivity contribution in [1.29, 1.82) is 5.26 Å². The third kappa shape index (κ3) is 4.22. The third-order valence-electron chi connectivity index (χ3n) is 4.30. The summed E-state index contributed by atoms with van der Waals surface area (Å²) in [6, 6.07) is 13.6. The van der Waals surface area contributed by atoms with Gasteiger partial charge in [-0.15, -0.1) is 0 Å². The monoisotopic (exact) mass is 348 g/mol. The van der Waals surface area contributed by atoms with Crippen molar-refractivity contribution in [3.63, 3.8) is 0 Å². The highest BCUT2D eigenvalue weighted by atomic mass is 16.2. The lowest BCUT2D eigenvalue weighted by Gasteiger charge is -2.12.